The molecule has 2 aromatic heterocycles. The molecule has 0 saturated carbocycles. The van der Waals surface area contributed by atoms with E-state index in [1.807, 2.05) is 13.8 Å². The summed E-state index contributed by atoms with van der Waals surface area (Å²) in [6, 6.07) is 1.36. The summed E-state index contributed by atoms with van der Waals surface area (Å²) in [5, 5.41) is 9.87. The zero-order chi connectivity index (χ0) is 23.0. The number of carbonyl (C=O) groups is 1. The number of aromatic nitrogens is 2. The number of rotatable bonds is 7. The smallest absolute Gasteiger partial charge is 0.341 e. The monoisotopic (exact) mass is 498 g/mol. The number of carboxylic acids is 1. The van der Waals surface area contributed by atoms with Crippen molar-refractivity contribution in [3.8, 4) is 5.88 Å². The number of hydrogen-bond acceptors (Lipinski definition) is 5. The van der Waals surface area contributed by atoms with E-state index in [4.69, 9.17) is 9.16 Å². The maximum absolute atomic E-state index is 12.8. The lowest BCUT2D eigenvalue weighted by atomic mass is 10.0. The van der Waals surface area contributed by atoms with Gasteiger partial charge in [-0.15, -0.1) is 0 Å². The van der Waals surface area contributed by atoms with E-state index in [1.165, 1.54) is 13.3 Å². The number of methoxy groups -OCH3 is 1. The van der Waals surface area contributed by atoms with Crippen LogP contribution < -0.4 is 10.2 Å². The maximum atomic E-state index is 12.8. The molecule has 0 aliphatic heterocycles. The van der Waals surface area contributed by atoms with Crippen molar-refractivity contribution in [1.82, 2.24) is 9.55 Å². The quantitative estimate of drug-likeness (QED) is 0.534. The van der Waals surface area contributed by atoms with E-state index in [0.29, 0.717) is 22.6 Å². The lowest BCUT2D eigenvalue weighted by molar-refractivity contribution is 0.0694. The van der Waals surface area contributed by atoms with Crippen molar-refractivity contribution in [3.63, 3.8) is 0 Å². The maximum Gasteiger partial charge on any atom is 0.341 e. The molecule has 0 radical (unpaired) electrons. The second-order valence-electron chi connectivity index (χ2n) is 9.32. The molecule has 1 atom stereocenters. The third-order valence-electron chi connectivity index (χ3n) is 5.90. The molecule has 9 heteroatoms. The molecule has 166 valence electrons. The summed E-state index contributed by atoms with van der Waals surface area (Å²) in [5.74, 6) is -0.833. The van der Waals surface area contributed by atoms with Crippen molar-refractivity contribution in [2.24, 2.45) is 5.92 Å². The Morgan fingerprint density at radius 2 is 1.93 bits per heavy atom. The van der Waals surface area contributed by atoms with Crippen LogP contribution in [0.3, 0.4) is 0 Å². The number of halogens is 1. The van der Waals surface area contributed by atoms with Crippen LogP contribution >= 0.6 is 15.9 Å². The van der Waals surface area contributed by atoms with Crippen LogP contribution in [-0.4, -0.2) is 42.7 Å². The number of pyridine rings is 2. The summed E-state index contributed by atoms with van der Waals surface area (Å²) < 4.78 is 14.0. The van der Waals surface area contributed by atoms with Crippen molar-refractivity contribution in [2.45, 2.75) is 58.8 Å². The Kier molecular flexibility index (Phi) is 7.20. The van der Waals surface area contributed by atoms with Crippen LogP contribution in [0.4, 0.5) is 0 Å². The highest BCUT2D eigenvalue weighted by Gasteiger charge is 2.38. The molecule has 1 unspecified atom stereocenters. The van der Waals surface area contributed by atoms with Gasteiger partial charge in [0, 0.05) is 6.20 Å². The van der Waals surface area contributed by atoms with Gasteiger partial charge in [-0.3, -0.25) is 4.79 Å². The van der Waals surface area contributed by atoms with E-state index < -0.39 is 19.7 Å². The van der Waals surface area contributed by atoms with Crippen LogP contribution in [0.25, 0.3) is 11.0 Å². The van der Waals surface area contributed by atoms with E-state index >= 15 is 0 Å². The fourth-order valence-electron chi connectivity index (χ4n) is 2.88. The van der Waals surface area contributed by atoms with E-state index in [2.05, 4.69) is 54.8 Å². The average Bonchev–Trinajstić information content (AvgIpc) is 2.61. The molecule has 0 bridgehead atoms. The number of ether oxygens (including phenoxy) is 1. The van der Waals surface area contributed by atoms with E-state index in [1.54, 1.807) is 10.6 Å². The number of carboxylic acid groups (broad SMARTS) is 1. The summed E-state index contributed by atoms with van der Waals surface area (Å²) in [6.45, 7) is 15.3. The molecule has 0 saturated heterocycles. The highest BCUT2D eigenvalue weighted by atomic mass is 79.9. The lowest BCUT2D eigenvalue weighted by Crippen LogP contribution is -2.42. The Bertz CT molecular complexity index is 1010. The Morgan fingerprint density at radius 1 is 1.33 bits per heavy atom. The zero-order valence-corrected chi connectivity index (χ0v) is 21.5. The standard InChI is InChI=1S/C21H31BrN2O5Si/c1-12(2)16(11-29-30(7,8)21(3,4)5)24-10-14(20(26)27)17(25)13-9-15(22)19(28-6)23-18(13)24/h9-10,12,16H,11H2,1-8H3,(H,26,27). The second kappa shape index (κ2) is 8.80. The molecule has 0 spiro atoms. The molecule has 0 amide bonds. The van der Waals surface area contributed by atoms with E-state index in [-0.39, 0.29) is 27.9 Å². The van der Waals surface area contributed by atoms with E-state index in [9.17, 15) is 14.7 Å². The number of hydrogen-bond donors (Lipinski definition) is 1. The molecule has 0 fully saturated rings. The van der Waals surface area contributed by atoms with Crippen LogP contribution in [-0.2, 0) is 4.43 Å². The first-order valence-electron chi connectivity index (χ1n) is 9.88. The minimum atomic E-state index is -2.03. The van der Waals surface area contributed by atoms with Gasteiger partial charge in [0.15, 0.2) is 8.32 Å². The number of fused-ring (bicyclic) bond motifs is 1. The van der Waals surface area contributed by atoms with Gasteiger partial charge in [0.25, 0.3) is 0 Å². The van der Waals surface area contributed by atoms with Gasteiger partial charge in [-0.05, 0) is 46.0 Å². The highest BCUT2D eigenvalue weighted by molar-refractivity contribution is 9.10. The summed E-state index contributed by atoms with van der Waals surface area (Å²) in [5.41, 5.74) is -0.487. The van der Waals surface area contributed by atoms with E-state index in [0.717, 1.165) is 0 Å². The normalized spacial score (nSPS) is 13.7. The Hall–Kier alpha value is -1.71. The number of aromatic carboxylic acids is 1. The first-order chi connectivity index (χ1) is 13.7. The van der Waals surface area contributed by atoms with Crippen LogP contribution in [0, 0.1) is 5.92 Å². The Morgan fingerprint density at radius 3 is 2.40 bits per heavy atom. The van der Waals surface area contributed by atoms with Crippen LogP contribution in [0.5, 0.6) is 5.88 Å². The summed E-state index contributed by atoms with van der Waals surface area (Å²) in [4.78, 5) is 29.1. The Balaban J connectivity index is 2.72. The van der Waals surface area contributed by atoms with Crippen LogP contribution in [0.15, 0.2) is 21.5 Å². The minimum absolute atomic E-state index is 0.0404. The third-order valence-corrected chi connectivity index (χ3v) is 11.0. The van der Waals surface area contributed by atoms with Gasteiger partial charge >= 0.3 is 5.97 Å². The van der Waals surface area contributed by atoms with Crippen LogP contribution in [0.2, 0.25) is 18.1 Å². The first kappa shape index (κ1) is 24.6. The topological polar surface area (TPSA) is 90.6 Å². The average molecular weight is 499 g/mol. The molecule has 0 aliphatic rings. The van der Waals surface area contributed by atoms with Gasteiger partial charge in [-0.1, -0.05) is 34.6 Å². The molecule has 0 aromatic carbocycles. The van der Waals surface area contributed by atoms with Gasteiger partial charge in [-0.25, -0.2) is 4.79 Å². The lowest BCUT2D eigenvalue weighted by Gasteiger charge is -2.38. The van der Waals surface area contributed by atoms with Gasteiger partial charge < -0.3 is 18.8 Å². The van der Waals surface area contributed by atoms with Gasteiger partial charge in [0.2, 0.25) is 11.3 Å². The molecule has 7 nitrogen and oxygen atoms in total. The fourth-order valence-corrected chi connectivity index (χ4v) is 4.38. The van der Waals surface area contributed by atoms with Gasteiger partial charge in [-0.2, -0.15) is 4.98 Å². The Labute approximate surface area is 186 Å². The molecule has 2 rings (SSSR count). The number of nitrogens with zero attached hydrogens (tertiary/aromatic N) is 2. The summed E-state index contributed by atoms with van der Waals surface area (Å²) in [6.07, 6.45) is 1.38. The SMILES string of the molecule is COc1nc2c(cc1Br)c(=O)c(C(=O)O)cn2C(CO[Si](C)(C)C(C)(C)C)C(C)C. The van der Waals surface area contributed by atoms with Crippen molar-refractivity contribution < 1.29 is 19.1 Å². The third kappa shape index (κ3) is 4.78. The van der Waals surface area contributed by atoms with Crippen molar-refractivity contribution in [1.29, 1.82) is 0 Å². The second-order valence-corrected chi connectivity index (χ2v) is 15.0. The molecule has 1 N–H and O–H groups in total. The molecular weight excluding hydrogens is 468 g/mol. The molecule has 30 heavy (non-hydrogen) atoms. The molecule has 0 aliphatic carbocycles. The summed E-state index contributed by atoms with van der Waals surface area (Å²) in [7, 11) is -0.537. The summed E-state index contributed by atoms with van der Waals surface area (Å²) >= 11 is 3.34. The molecular formula is C21H31BrN2O5Si. The fraction of sp³-hybridized carbons (Fsp3) is 0.571. The van der Waals surface area contributed by atoms with Crippen molar-refractivity contribution >= 4 is 41.3 Å². The molecule has 2 aromatic rings. The van der Waals surface area contributed by atoms with Gasteiger partial charge in [0.1, 0.15) is 11.2 Å². The minimum Gasteiger partial charge on any atom is -0.480 e. The highest BCUT2D eigenvalue weighted by Crippen LogP contribution is 2.38. The molecule has 2 heterocycles. The van der Waals surface area contributed by atoms with Crippen molar-refractivity contribution in [3.05, 3.63) is 32.5 Å². The first-order valence-corrected chi connectivity index (χ1v) is 13.6. The zero-order valence-electron chi connectivity index (χ0n) is 18.9. The van der Waals surface area contributed by atoms with Crippen LogP contribution in [0.1, 0.15) is 51.0 Å². The predicted octanol–water partition coefficient (Wildman–Crippen LogP) is 5.08. The predicted molar refractivity (Wildman–Crippen MR) is 124 cm³/mol. The largest absolute Gasteiger partial charge is 0.480 e. The van der Waals surface area contributed by atoms with Crippen molar-refractivity contribution in [2.75, 3.05) is 13.7 Å². The van der Waals surface area contributed by atoms with Gasteiger partial charge in [0.05, 0.1) is 29.6 Å².